The maximum absolute atomic E-state index is 8.88. The molecule has 11 heavy (non-hydrogen) atoms. The van der Waals surface area contributed by atoms with Gasteiger partial charge >= 0.3 is 7.82 Å². The van der Waals surface area contributed by atoms with Gasteiger partial charge in [-0.3, -0.25) is 0 Å². The van der Waals surface area contributed by atoms with Crippen molar-refractivity contribution in [3.05, 3.63) is 0 Å². The first-order valence-electron chi connectivity index (χ1n) is 1.78. The predicted octanol–water partition coefficient (Wildman–Crippen LogP) is -1.43. The van der Waals surface area contributed by atoms with Gasteiger partial charge in [-0.15, -0.1) is 0 Å². The molecule has 0 aliphatic carbocycles. The van der Waals surface area contributed by atoms with Crippen LogP contribution in [0.4, 0.5) is 0 Å². The highest BCUT2D eigenvalue weighted by Gasteiger charge is 2.08. The summed E-state index contributed by atoms with van der Waals surface area (Å²) in [5.74, 6) is 0. The van der Waals surface area contributed by atoms with Crippen LogP contribution in [0.1, 0.15) is 0 Å². The Morgan fingerprint density at radius 2 is 0.909 bits per heavy atom. The highest BCUT2D eigenvalue weighted by Crippen LogP contribution is 2.56. The average Bonchev–Trinajstić information content (AvgIpc) is 1.59. The van der Waals surface area contributed by atoms with E-state index in [1.807, 2.05) is 0 Å². The second-order valence-corrected chi connectivity index (χ2v) is 5.30. The Morgan fingerprint density at radius 3 is 0.909 bits per heavy atom. The Balaban J connectivity index is 0. The molecule has 11 heteroatoms. The van der Waals surface area contributed by atoms with Gasteiger partial charge in [-0.1, -0.05) is 0 Å². The summed E-state index contributed by atoms with van der Waals surface area (Å²) < 4.78 is 8.88. The van der Waals surface area contributed by atoms with E-state index in [1.165, 1.54) is 0 Å². The van der Waals surface area contributed by atoms with Gasteiger partial charge in [-0.05, 0) is 0 Å². The van der Waals surface area contributed by atoms with Crippen molar-refractivity contribution in [1.82, 2.24) is 0 Å². The third-order valence-electron chi connectivity index (χ3n) is 0.160. The maximum atomic E-state index is 8.88. The summed E-state index contributed by atoms with van der Waals surface area (Å²) in [6.45, 7) is 0. The molecule has 0 spiro atoms. The van der Waals surface area contributed by atoms with Gasteiger partial charge in [0.25, 0.3) is 16.1 Å². The molecule has 0 aromatic carbocycles. The average molecular weight is 228 g/mol. The fraction of sp³-hybridized carbons (Fsp3) is 0. The molecule has 0 saturated carbocycles. The molecule has 70 valence electrons. The molecule has 7 N–H and O–H groups in total. The van der Waals surface area contributed by atoms with Crippen LogP contribution in [0.25, 0.3) is 0 Å². The lowest BCUT2D eigenvalue weighted by molar-refractivity contribution is 0.275. The minimum absolute atomic E-state index is 2.48. The number of hydrogen-bond acceptors (Lipinski definition) is 5. The van der Waals surface area contributed by atoms with Crippen LogP contribution in [0.3, 0.4) is 0 Å². The minimum atomic E-state index is -4.64. The molecule has 0 aliphatic rings. The van der Waals surface area contributed by atoms with Crippen LogP contribution >= 0.6 is 24.0 Å². The summed E-state index contributed by atoms with van der Waals surface area (Å²) in [7, 11) is -9.61. The van der Waals surface area contributed by atoms with Crippen molar-refractivity contribution in [3.63, 3.8) is 0 Å². The van der Waals surface area contributed by atoms with Crippen molar-refractivity contribution in [2.45, 2.75) is 0 Å². The fourth-order valence-electron chi connectivity index (χ4n) is 0. The van der Waals surface area contributed by atoms with Crippen LogP contribution in [0.15, 0.2) is 0 Å². The van der Waals surface area contributed by atoms with E-state index < -0.39 is 24.0 Å². The van der Waals surface area contributed by atoms with Gasteiger partial charge in [0.1, 0.15) is 0 Å². The third-order valence-corrected chi connectivity index (χ3v) is 1.44. The van der Waals surface area contributed by atoms with E-state index in [-0.39, 0.29) is 0 Å². The fourth-order valence-corrected chi connectivity index (χ4v) is 0. The lowest BCUT2D eigenvalue weighted by Gasteiger charge is -1.97. The molecule has 0 heterocycles. The standard InChI is InChI=1S/H4O4P2.H3O4P/c1-5(2)6(3)4;1-5(2,3)4/h1-4H;(H3,1,2,3,4). The first-order chi connectivity index (χ1) is 4.64. The summed E-state index contributed by atoms with van der Waals surface area (Å²) >= 11 is 0. The summed E-state index contributed by atoms with van der Waals surface area (Å²) in [4.78, 5) is 52.7. The molecule has 0 atom stereocenters. The molecule has 8 nitrogen and oxygen atoms in total. The molecule has 0 unspecified atom stereocenters. The molecule has 0 aromatic rings. The van der Waals surface area contributed by atoms with Crippen molar-refractivity contribution in [2.24, 2.45) is 0 Å². The minimum Gasteiger partial charge on any atom is -0.344 e. The third kappa shape index (κ3) is 36.3. The summed E-state index contributed by atoms with van der Waals surface area (Å²) in [6, 6.07) is 0. The van der Waals surface area contributed by atoms with Gasteiger partial charge in [-0.25, -0.2) is 4.57 Å². The normalized spacial score (nSPS) is 11.4. The van der Waals surface area contributed by atoms with E-state index in [0.29, 0.717) is 0 Å². The van der Waals surface area contributed by atoms with Crippen molar-refractivity contribution in [1.29, 1.82) is 0 Å². The Hall–Kier alpha value is 0.810. The lowest BCUT2D eigenvalue weighted by atomic mass is 15.8. The topological polar surface area (TPSA) is 159 Å². The molecular weight excluding hydrogens is 221 g/mol. The second-order valence-electron chi connectivity index (χ2n) is 1.05. The van der Waals surface area contributed by atoms with Crippen LogP contribution in [0.2, 0.25) is 0 Å². The van der Waals surface area contributed by atoms with E-state index in [4.69, 9.17) is 38.8 Å². The van der Waals surface area contributed by atoms with E-state index in [2.05, 4.69) is 0 Å². The van der Waals surface area contributed by atoms with E-state index in [0.717, 1.165) is 0 Å². The van der Waals surface area contributed by atoms with Crippen molar-refractivity contribution in [2.75, 3.05) is 0 Å². The number of phosphoric acid groups is 1. The zero-order valence-corrected chi connectivity index (χ0v) is 7.56. The van der Waals surface area contributed by atoms with Gasteiger partial charge in [0.2, 0.25) is 0 Å². The van der Waals surface area contributed by atoms with Crippen molar-refractivity contribution >= 4 is 24.0 Å². The molecule has 0 aliphatic heterocycles. The van der Waals surface area contributed by atoms with Gasteiger partial charge in [0.15, 0.2) is 0 Å². The van der Waals surface area contributed by atoms with Crippen LogP contribution in [-0.2, 0) is 4.57 Å². The number of rotatable bonds is 1. The van der Waals surface area contributed by atoms with Crippen LogP contribution in [0, 0.1) is 0 Å². The maximum Gasteiger partial charge on any atom is 0.466 e. The van der Waals surface area contributed by atoms with Crippen LogP contribution in [-0.4, -0.2) is 34.3 Å². The molecular formula is H7O8P3. The predicted molar refractivity (Wildman–Crippen MR) is 37.0 cm³/mol. The van der Waals surface area contributed by atoms with Crippen LogP contribution in [0.5, 0.6) is 0 Å². The van der Waals surface area contributed by atoms with Gasteiger partial charge in [0, 0.05) is 0 Å². The molecule has 0 amide bonds. The van der Waals surface area contributed by atoms with Gasteiger partial charge in [-0.2, -0.15) is 0 Å². The number of hydrogen-bond donors (Lipinski definition) is 7. The summed E-state index contributed by atoms with van der Waals surface area (Å²) in [5, 5.41) is 0. The smallest absolute Gasteiger partial charge is 0.344 e. The second kappa shape index (κ2) is 6.34. The van der Waals surface area contributed by atoms with Gasteiger partial charge in [0.05, 0.1) is 0 Å². The van der Waals surface area contributed by atoms with Crippen molar-refractivity contribution < 1.29 is 38.8 Å². The Morgan fingerprint density at radius 1 is 0.818 bits per heavy atom. The Kier molecular flexibility index (Phi) is 8.26. The Bertz CT molecular complexity index is 107. The molecule has 0 saturated heterocycles. The molecule has 0 bridgehead atoms. The molecule has 0 aromatic heterocycles. The van der Waals surface area contributed by atoms with E-state index in [1.54, 1.807) is 0 Å². The summed E-state index contributed by atoms with van der Waals surface area (Å²) in [6.07, 6.45) is 0. The van der Waals surface area contributed by atoms with Crippen molar-refractivity contribution in [3.8, 4) is 0 Å². The van der Waals surface area contributed by atoms with E-state index in [9.17, 15) is 0 Å². The largest absolute Gasteiger partial charge is 0.466 e. The monoisotopic (exact) mass is 228 g/mol. The zero-order valence-electron chi connectivity index (χ0n) is 4.88. The highest BCUT2D eigenvalue weighted by atomic mass is 32.1. The molecule has 0 radical (unpaired) electrons. The van der Waals surface area contributed by atoms with E-state index >= 15 is 0 Å². The molecule has 0 fully saturated rings. The van der Waals surface area contributed by atoms with Crippen LogP contribution < -0.4 is 0 Å². The van der Waals surface area contributed by atoms with Gasteiger partial charge < -0.3 is 34.3 Å². The first kappa shape index (κ1) is 14.3. The molecule has 0 rings (SSSR count). The Labute approximate surface area is 63.7 Å². The zero-order chi connectivity index (χ0) is 9.65. The first-order valence-corrected chi connectivity index (χ1v) is 6.55. The summed E-state index contributed by atoms with van der Waals surface area (Å²) in [5.41, 5.74) is 0. The highest BCUT2D eigenvalue weighted by molar-refractivity contribution is 8.19. The lowest BCUT2D eigenvalue weighted by Crippen LogP contribution is -1.66. The SMILES string of the molecule is O=P(O)(O)O.OP(O)P(O)O. The quantitative estimate of drug-likeness (QED) is 0.269.